The minimum absolute atomic E-state index is 0.193. The van der Waals surface area contributed by atoms with Crippen LogP contribution in [0.25, 0.3) is 0 Å². The molecule has 0 bridgehead atoms. The Morgan fingerprint density at radius 1 is 1.00 bits per heavy atom. The van der Waals surface area contributed by atoms with Crippen molar-refractivity contribution in [1.82, 2.24) is 10.2 Å². The lowest BCUT2D eigenvalue weighted by Gasteiger charge is -2.08. The average molecular weight is 366 g/mol. The molecule has 7 heteroatoms. The second kappa shape index (κ2) is 8.75. The SMILES string of the molecule is COc1ccc(CC(=O)Nc2ccc(NCc3ccccc3F)nn2)cc1. The van der Waals surface area contributed by atoms with E-state index in [4.69, 9.17) is 4.74 Å². The van der Waals surface area contributed by atoms with Crippen molar-refractivity contribution in [3.8, 4) is 5.75 Å². The summed E-state index contributed by atoms with van der Waals surface area (Å²) in [6, 6.07) is 17.1. The maximum Gasteiger partial charge on any atom is 0.229 e. The number of benzene rings is 2. The summed E-state index contributed by atoms with van der Waals surface area (Å²) in [4.78, 5) is 12.1. The number of aromatic nitrogens is 2. The standard InChI is InChI=1S/C20H19FN4O2/c1-27-16-8-6-14(7-9-16)12-20(26)23-19-11-10-18(24-25-19)22-13-15-4-2-3-5-17(15)21/h2-11H,12-13H2,1H3,(H,22,24)(H,23,25,26). The molecule has 27 heavy (non-hydrogen) atoms. The van der Waals surface area contributed by atoms with E-state index in [2.05, 4.69) is 20.8 Å². The van der Waals surface area contributed by atoms with Gasteiger partial charge < -0.3 is 15.4 Å². The van der Waals surface area contributed by atoms with Crippen LogP contribution in [0.2, 0.25) is 0 Å². The molecule has 6 nitrogen and oxygen atoms in total. The van der Waals surface area contributed by atoms with Crippen LogP contribution < -0.4 is 15.4 Å². The maximum atomic E-state index is 13.6. The van der Waals surface area contributed by atoms with Crippen molar-refractivity contribution in [2.75, 3.05) is 17.7 Å². The van der Waals surface area contributed by atoms with Gasteiger partial charge in [0.05, 0.1) is 13.5 Å². The number of methoxy groups -OCH3 is 1. The molecule has 2 aromatic carbocycles. The van der Waals surface area contributed by atoms with Crippen LogP contribution in [-0.4, -0.2) is 23.2 Å². The van der Waals surface area contributed by atoms with Gasteiger partial charge in [0.2, 0.25) is 5.91 Å². The monoisotopic (exact) mass is 366 g/mol. The summed E-state index contributed by atoms with van der Waals surface area (Å²) >= 11 is 0. The van der Waals surface area contributed by atoms with Crippen molar-refractivity contribution in [2.24, 2.45) is 0 Å². The van der Waals surface area contributed by atoms with Crippen molar-refractivity contribution in [1.29, 1.82) is 0 Å². The van der Waals surface area contributed by atoms with Gasteiger partial charge in [0.1, 0.15) is 17.4 Å². The number of ether oxygens (including phenoxy) is 1. The molecular weight excluding hydrogens is 347 g/mol. The van der Waals surface area contributed by atoms with Gasteiger partial charge in [0.15, 0.2) is 5.82 Å². The highest BCUT2D eigenvalue weighted by Gasteiger charge is 2.07. The molecule has 1 heterocycles. The summed E-state index contributed by atoms with van der Waals surface area (Å²) in [5.74, 6) is 1.11. The minimum Gasteiger partial charge on any atom is -0.497 e. The number of hydrogen-bond acceptors (Lipinski definition) is 5. The molecule has 1 aromatic heterocycles. The Bertz CT molecular complexity index is 899. The zero-order valence-electron chi connectivity index (χ0n) is 14.8. The number of nitrogens with one attached hydrogen (secondary N) is 2. The van der Waals surface area contributed by atoms with Gasteiger partial charge in [0.25, 0.3) is 0 Å². The van der Waals surface area contributed by atoms with Crippen LogP contribution in [-0.2, 0) is 17.8 Å². The number of carbonyl (C=O) groups is 1. The van der Waals surface area contributed by atoms with Crippen molar-refractivity contribution >= 4 is 17.5 Å². The van der Waals surface area contributed by atoms with E-state index in [9.17, 15) is 9.18 Å². The van der Waals surface area contributed by atoms with Crippen LogP contribution >= 0.6 is 0 Å². The molecule has 0 saturated heterocycles. The Labute approximate surface area is 156 Å². The molecule has 0 saturated carbocycles. The molecule has 0 spiro atoms. The summed E-state index contributed by atoms with van der Waals surface area (Å²) in [6.45, 7) is 0.296. The Kier molecular flexibility index (Phi) is 5.94. The fourth-order valence-electron chi connectivity index (χ4n) is 2.44. The number of amides is 1. The van der Waals surface area contributed by atoms with Gasteiger partial charge in [-0.3, -0.25) is 4.79 Å². The maximum absolute atomic E-state index is 13.6. The number of carbonyl (C=O) groups excluding carboxylic acids is 1. The van der Waals surface area contributed by atoms with Crippen molar-refractivity contribution in [2.45, 2.75) is 13.0 Å². The Balaban J connectivity index is 1.52. The number of rotatable bonds is 7. The Morgan fingerprint density at radius 2 is 1.70 bits per heavy atom. The lowest BCUT2D eigenvalue weighted by molar-refractivity contribution is -0.115. The van der Waals surface area contributed by atoms with Crippen LogP contribution in [0.5, 0.6) is 5.75 Å². The van der Waals surface area contributed by atoms with Gasteiger partial charge in [0, 0.05) is 12.1 Å². The first-order valence-electron chi connectivity index (χ1n) is 8.38. The van der Waals surface area contributed by atoms with Crippen LogP contribution in [0, 0.1) is 5.82 Å². The predicted molar refractivity (Wildman–Crippen MR) is 101 cm³/mol. The second-order valence-electron chi connectivity index (χ2n) is 5.82. The van der Waals surface area contributed by atoms with E-state index in [1.54, 1.807) is 49.6 Å². The number of anilines is 2. The third-order valence-corrected chi connectivity index (χ3v) is 3.87. The lowest BCUT2D eigenvalue weighted by atomic mass is 10.1. The summed E-state index contributed by atoms with van der Waals surface area (Å²) in [6.07, 6.45) is 0.221. The Morgan fingerprint density at radius 3 is 2.37 bits per heavy atom. The first-order chi connectivity index (χ1) is 13.1. The third-order valence-electron chi connectivity index (χ3n) is 3.87. The minimum atomic E-state index is -0.277. The fourth-order valence-corrected chi connectivity index (χ4v) is 2.44. The summed E-state index contributed by atoms with van der Waals surface area (Å²) in [5, 5.41) is 13.6. The van der Waals surface area contributed by atoms with Crippen molar-refractivity contribution in [3.05, 3.63) is 77.6 Å². The highest BCUT2D eigenvalue weighted by Crippen LogP contribution is 2.13. The molecule has 3 aromatic rings. The van der Waals surface area contributed by atoms with Crippen molar-refractivity contribution in [3.63, 3.8) is 0 Å². The molecule has 0 unspecified atom stereocenters. The van der Waals surface area contributed by atoms with E-state index in [0.717, 1.165) is 11.3 Å². The molecule has 1 amide bonds. The second-order valence-corrected chi connectivity index (χ2v) is 5.82. The Hall–Kier alpha value is -3.48. The van der Waals surface area contributed by atoms with E-state index in [-0.39, 0.29) is 18.1 Å². The highest BCUT2D eigenvalue weighted by molar-refractivity contribution is 5.91. The van der Waals surface area contributed by atoms with E-state index in [0.29, 0.717) is 23.7 Å². The summed E-state index contributed by atoms with van der Waals surface area (Å²) in [5.41, 5.74) is 1.40. The van der Waals surface area contributed by atoms with Crippen LogP contribution in [0.3, 0.4) is 0 Å². The van der Waals surface area contributed by atoms with Gasteiger partial charge in [-0.2, -0.15) is 0 Å². The highest BCUT2D eigenvalue weighted by atomic mass is 19.1. The van der Waals surface area contributed by atoms with E-state index in [1.807, 2.05) is 12.1 Å². The van der Waals surface area contributed by atoms with Crippen molar-refractivity contribution < 1.29 is 13.9 Å². The fraction of sp³-hybridized carbons (Fsp3) is 0.150. The number of nitrogens with zero attached hydrogens (tertiary/aromatic N) is 2. The molecule has 0 aliphatic heterocycles. The largest absolute Gasteiger partial charge is 0.497 e. The summed E-state index contributed by atoms with van der Waals surface area (Å²) in [7, 11) is 1.59. The van der Waals surface area contributed by atoms with E-state index < -0.39 is 0 Å². The molecule has 2 N–H and O–H groups in total. The molecule has 0 aliphatic rings. The average Bonchev–Trinajstić information content (AvgIpc) is 2.69. The van der Waals surface area contributed by atoms with Gasteiger partial charge in [-0.1, -0.05) is 30.3 Å². The predicted octanol–water partition coefficient (Wildman–Crippen LogP) is 3.42. The summed E-state index contributed by atoms with van der Waals surface area (Å²) < 4.78 is 18.7. The smallest absolute Gasteiger partial charge is 0.229 e. The molecule has 0 atom stereocenters. The quantitative estimate of drug-likeness (QED) is 0.670. The molecule has 3 rings (SSSR count). The topological polar surface area (TPSA) is 76.1 Å². The van der Waals surface area contributed by atoms with Crippen LogP contribution in [0.4, 0.5) is 16.0 Å². The van der Waals surface area contributed by atoms with E-state index >= 15 is 0 Å². The van der Waals surface area contributed by atoms with Crippen LogP contribution in [0.15, 0.2) is 60.7 Å². The molecule has 0 fully saturated rings. The van der Waals surface area contributed by atoms with Gasteiger partial charge in [-0.05, 0) is 35.9 Å². The van der Waals surface area contributed by atoms with Gasteiger partial charge in [-0.25, -0.2) is 4.39 Å². The zero-order valence-corrected chi connectivity index (χ0v) is 14.8. The van der Waals surface area contributed by atoms with Crippen LogP contribution in [0.1, 0.15) is 11.1 Å². The normalized spacial score (nSPS) is 10.3. The number of halogens is 1. The third kappa shape index (κ3) is 5.24. The molecule has 0 aliphatic carbocycles. The van der Waals surface area contributed by atoms with Gasteiger partial charge >= 0.3 is 0 Å². The zero-order chi connectivity index (χ0) is 19.1. The first kappa shape index (κ1) is 18.3. The number of hydrogen-bond donors (Lipinski definition) is 2. The lowest BCUT2D eigenvalue weighted by Crippen LogP contribution is -2.16. The molecular formula is C20H19FN4O2. The first-order valence-corrected chi connectivity index (χ1v) is 8.38. The van der Waals surface area contributed by atoms with Gasteiger partial charge in [-0.15, -0.1) is 10.2 Å². The van der Waals surface area contributed by atoms with E-state index in [1.165, 1.54) is 6.07 Å². The molecule has 138 valence electrons. The molecule has 0 radical (unpaired) electrons.